The highest BCUT2D eigenvalue weighted by Gasteiger charge is 2.60. The number of aromatic nitrogens is 4. The first-order valence-corrected chi connectivity index (χ1v) is 12.3. The topological polar surface area (TPSA) is 108 Å². The molecule has 33 heavy (non-hydrogen) atoms. The van der Waals surface area contributed by atoms with Crippen LogP contribution in [0.3, 0.4) is 0 Å². The molecule has 2 heterocycles. The Balaban J connectivity index is 1.37. The van der Waals surface area contributed by atoms with Gasteiger partial charge in [-0.2, -0.15) is 9.78 Å². The molecular formula is C22H28Cl2N6O3. The van der Waals surface area contributed by atoms with Gasteiger partial charge in [0.1, 0.15) is 0 Å². The summed E-state index contributed by atoms with van der Waals surface area (Å²) in [4.78, 5) is 24.0. The Hall–Kier alpha value is -2.13. The predicted octanol–water partition coefficient (Wildman–Crippen LogP) is 4.62. The van der Waals surface area contributed by atoms with Gasteiger partial charge in [0.05, 0.1) is 39.8 Å². The van der Waals surface area contributed by atoms with E-state index in [0.717, 1.165) is 44.2 Å². The molecule has 1 N–H and O–H groups in total. The van der Waals surface area contributed by atoms with Crippen molar-refractivity contribution in [1.29, 1.82) is 0 Å². The molecule has 0 aliphatic heterocycles. The second-order valence-electron chi connectivity index (χ2n) is 10.3. The second kappa shape index (κ2) is 7.98. The maximum absolute atomic E-state index is 13.1. The Labute approximate surface area is 201 Å². The number of carbonyl (C=O) groups excluding carboxylic acids is 1. The number of nitro groups is 1. The standard InChI is InChI=1S/C22H28Cl2N6O3/c1-3-28-17(16(23)10-26-28)11-25-18(31)9-21-5-14-4-15(6-21)8-22(7-14,12-21)29-13(2)19(24)20(27-29)30(32)33/h10,14-15H,3-9,11-12H2,1-2H3,(H,25,31). The Bertz CT molecular complexity index is 1110. The summed E-state index contributed by atoms with van der Waals surface area (Å²) >= 11 is 12.5. The summed E-state index contributed by atoms with van der Waals surface area (Å²) < 4.78 is 3.62. The van der Waals surface area contributed by atoms with E-state index in [0.29, 0.717) is 42.1 Å². The molecule has 0 radical (unpaired) electrons. The summed E-state index contributed by atoms with van der Waals surface area (Å²) in [5.41, 5.74) is 1.02. The third kappa shape index (κ3) is 3.73. The number of aryl methyl sites for hydroxylation is 1. The van der Waals surface area contributed by atoms with Crippen molar-refractivity contribution in [3.8, 4) is 0 Å². The molecule has 4 aliphatic carbocycles. The Morgan fingerprint density at radius 3 is 2.61 bits per heavy atom. The van der Waals surface area contributed by atoms with Crippen molar-refractivity contribution in [2.24, 2.45) is 17.3 Å². The molecule has 2 aromatic rings. The van der Waals surface area contributed by atoms with Crippen LogP contribution in [0.5, 0.6) is 0 Å². The van der Waals surface area contributed by atoms with E-state index in [9.17, 15) is 14.9 Å². The monoisotopic (exact) mass is 494 g/mol. The molecule has 0 spiro atoms. The lowest BCUT2D eigenvalue weighted by molar-refractivity contribution is -0.389. The van der Waals surface area contributed by atoms with Gasteiger partial charge >= 0.3 is 5.82 Å². The largest absolute Gasteiger partial charge is 0.408 e. The summed E-state index contributed by atoms with van der Waals surface area (Å²) in [6.45, 7) is 4.82. The molecule has 4 saturated carbocycles. The molecule has 6 rings (SSSR count). The molecule has 4 aliphatic rings. The summed E-state index contributed by atoms with van der Waals surface area (Å²) in [7, 11) is 0. The normalized spacial score (nSPS) is 30.1. The van der Waals surface area contributed by atoms with Gasteiger partial charge in [0.15, 0.2) is 5.02 Å². The lowest BCUT2D eigenvalue weighted by Crippen LogP contribution is -2.58. The average Bonchev–Trinajstić information content (AvgIpc) is 3.24. The first-order chi connectivity index (χ1) is 15.7. The summed E-state index contributed by atoms with van der Waals surface area (Å²) in [6.07, 6.45) is 7.91. The maximum Gasteiger partial charge on any atom is 0.408 e. The number of nitrogens with one attached hydrogen (secondary N) is 1. The SMILES string of the molecule is CCn1ncc(Cl)c1CNC(=O)CC12CC3CC(C1)CC(n1nc([N+](=O)[O-])c(Cl)c1C)(C3)C2. The lowest BCUT2D eigenvalue weighted by Gasteiger charge is -2.61. The number of halogens is 2. The first-order valence-electron chi connectivity index (χ1n) is 11.5. The van der Waals surface area contributed by atoms with Crippen molar-refractivity contribution in [2.75, 3.05) is 0 Å². The molecule has 11 heteroatoms. The molecule has 4 fully saturated rings. The van der Waals surface area contributed by atoms with Gasteiger partial charge in [-0.15, -0.1) is 0 Å². The number of nitrogens with zero attached hydrogens (tertiary/aromatic N) is 5. The van der Waals surface area contributed by atoms with Crippen molar-refractivity contribution < 1.29 is 9.72 Å². The molecule has 9 nitrogen and oxygen atoms in total. The highest BCUT2D eigenvalue weighted by atomic mass is 35.5. The van der Waals surface area contributed by atoms with Gasteiger partial charge in [-0.05, 0) is 74.5 Å². The van der Waals surface area contributed by atoms with Crippen LogP contribution in [-0.2, 0) is 23.4 Å². The van der Waals surface area contributed by atoms with E-state index in [1.54, 1.807) is 17.8 Å². The quantitative estimate of drug-likeness (QED) is 0.445. The van der Waals surface area contributed by atoms with Crippen LogP contribution >= 0.6 is 23.2 Å². The molecule has 4 bridgehead atoms. The molecular weight excluding hydrogens is 467 g/mol. The van der Waals surface area contributed by atoms with Crippen molar-refractivity contribution >= 4 is 34.9 Å². The number of amides is 1. The van der Waals surface area contributed by atoms with Gasteiger partial charge in [0.2, 0.25) is 5.91 Å². The van der Waals surface area contributed by atoms with Crippen LogP contribution in [0.1, 0.15) is 63.3 Å². The third-order valence-corrected chi connectivity index (χ3v) is 8.74. The van der Waals surface area contributed by atoms with Crippen LogP contribution in [0.15, 0.2) is 6.20 Å². The van der Waals surface area contributed by atoms with Crippen LogP contribution in [0.25, 0.3) is 0 Å². The first kappa shape index (κ1) is 22.7. The minimum Gasteiger partial charge on any atom is -0.358 e. The van der Waals surface area contributed by atoms with Crippen molar-refractivity contribution in [1.82, 2.24) is 24.9 Å². The van der Waals surface area contributed by atoms with E-state index >= 15 is 0 Å². The van der Waals surface area contributed by atoms with E-state index in [1.807, 2.05) is 11.6 Å². The van der Waals surface area contributed by atoms with E-state index in [2.05, 4.69) is 15.5 Å². The summed E-state index contributed by atoms with van der Waals surface area (Å²) in [5.74, 6) is 0.724. The van der Waals surface area contributed by atoms with Crippen molar-refractivity contribution in [3.63, 3.8) is 0 Å². The Kier molecular flexibility index (Phi) is 5.47. The molecule has 0 saturated heterocycles. The van der Waals surface area contributed by atoms with Crippen molar-refractivity contribution in [2.45, 2.75) is 77.4 Å². The van der Waals surface area contributed by atoms with E-state index < -0.39 is 4.92 Å². The number of carbonyl (C=O) groups is 1. The zero-order valence-electron chi connectivity index (χ0n) is 18.8. The fourth-order valence-corrected chi connectivity index (χ4v) is 7.72. The van der Waals surface area contributed by atoms with Crippen LogP contribution in [-0.4, -0.2) is 30.4 Å². The molecule has 1 amide bonds. The van der Waals surface area contributed by atoms with Crippen LogP contribution in [0, 0.1) is 34.3 Å². The molecule has 0 aromatic carbocycles. The van der Waals surface area contributed by atoms with E-state index in [1.165, 1.54) is 0 Å². The number of hydrogen-bond acceptors (Lipinski definition) is 5. The molecule has 2 atom stereocenters. The van der Waals surface area contributed by atoms with Crippen LogP contribution in [0.2, 0.25) is 10.0 Å². The van der Waals surface area contributed by atoms with Gasteiger partial charge in [0.25, 0.3) is 0 Å². The maximum atomic E-state index is 13.1. The van der Waals surface area contributed by atoms with Gasteiger partial charge in [-0.25, -0.2) is 0 Å². The average molecular weight is 495 g/mol. The van der Waals surface area contributed by atoms with Gasteiger partial charge in [-0.1, -0.05) is 23.2 Å². The minimum atomic E-state index is -0.512. The Morgan fingerprint density at radius 1 is 1.30 bits per heavy atom. The number of hydrogen-bond donors (Lipinski definition) is 1. The molecule has 178 valence electrons. The lowest BCUT2D eigenvalue weighted by atomic mass is 9.46. The second-order valence-corrected chi connectivity index (χ2v) is 11.1. The zero-order valence-corrected chi connectivity index (χ0v) is 20.3. The van der Waals surface area contributed by atoms with Gasteiger partial charge in [-0.3, -0.25) is 9.48 Å². The predicted molar refractivity (Wildman–Crippen MR) is 123 cm³/mol. The van der Waals surface area contributed by atoms with Gasteiger partial charge in [0, 0.05) is 13.0 Å². The third-order valence-electron chi connectivity index (χ3n) is 7.99. The Morgan fingerprint density at radius 2 is 2.00 bits per heavy atom. The molecule has 2 unspecified atom stereocenters. The van der Waals surface area contributed by atoms with Crippen LogP contribution < -0.4 is 5.32 Å². The summed E-state index contributed by atoms with van der Waals surface area (Å²) in [6, 6.07) is 0. The van der Waals surface area contributed by atoms with Crippen LogP contribution in [0.4, 0.5) is 5.82 Å². The van der Waals surface area contributed by atoms with E-state index in [4.69, 9.17) is 23.2 Å². The fraction of sp³-hybridized carbons (Fsp3) is 0.682. The highest BCUT2D eigenvalue weighted by molar-refractivity contribution is 6.33. The highest BCUT2D eigenvalue weighted by Crippen LogP contribution is 2.65. The molecule has 2 aromatic heterocycles. The zero-order chi connectivity index (χ0) is 23.5. The smallest absolute Gasteiger partial charge is 0.358 e. The number of rotatable bonds is 7. The van der Waals surface area contributed by atoms with E-state index in [-0.39, 0.29) is 27.7 Å². The van der Waals surface area contributed by atoms with Crippen molar-refractivity contribution in [3.05, 3.63) is 37.7 Å². The summed E-state index contributed by atoms with van der Waals surface area (Å²) in [5, 5.41) is 23.8. The fourth-order valence-electron chi connectivity index (χ4n) is 7.32. The minimum absolute atomic E-state index is 0.00761. The van der Waals surface area contributed by atoms with Gasteiger partial charge < -0.3 is 15.4 Å².